The molecule has 0 saturated carbocycles. The van der Waals surface area contributed by atoms with Crippen molar-refractivity contribution in [1.82, 2.24) is 15.5 Å². The van der Waals surface area contributed by atoms with Gasteiger partial charge in [0, 0.05) is 11.8 Å². The first kappa shape index (κ1) is 7.49. The average Bonchev–Trinajstić information content (AvgIpc) is 2.88. The number of H-pyrrole nitrogens is 1. The standard InChI is InChI=1S/C9H9N5/c1-2-10-9-7(1)8(11-5-12-9)6-3-13-14-4-6/h1-5,7-8H,(H,13,14)(H,10,11,12)/t7?,8-/m0/s1. The molecule has 0 aliphatic carbocycles. The first-order valence-corrected chi connectivity index (χ1v) is 4.46. The van der Waals surface area contributed by atoms with E-state index in [0.29, 0.717) is 0 Å². The molecule has 2 aliphatic heterocycles. The van der Waals surface area contributed by atoms with Gasteiger partial charge in [0.15, 0.2) is 0 Å². The van der Waals surface area contributed by atoms with Crippen LogP contribution < -0.4 is 5.32 Å². The largest absolute Gasteiger partial charge is 0.350 e. The van der Waals surface area contributed by atoms with Crippen LogP contribution in [0, 0.1) is 5.92 Å². The predicted molar refractivity (Wildman–Crippen MR) is 53.0 cm³/mol. The topological polar surface area (TPSA) is 65.4 Å². The van der Waals surface area contributed by atoms with E-state index in [4.69, 9.17) is 0 Å². The first-order valence-electron chi connectivity index (χ1n) is 4.46. The van der Waals surface area contributed by atoms with Crippen molar-refractivity contribution in [3.8, 4) is 0 Å². The summed E-state index contributed by atoms with van der Waals surface area (Å²) in [5.74, 6) is 1.20. The molecule has 70 valence electrons. The van der Waals surface area contributed by atoms with Gasteiger partial charge in [-0.2, -0.15) is 5.10 Å². The van der Waals surface area contributed by atoms with Crippen LogP contribution in [0.2, 0.25) is 0 Å². The second-order valence-corrected chi connectivity index (χ2v) is 3.28. The van der Waals surface area contributed by atoms with Crippen molar-refractivity contribution in [1.29, 1.82) is 0 Å². The number of aromatic amines is 1. The Kier molecular flexibility index (Phi) is 1.50. The highest BCUT2D eigenvalue weighted by atomic mass is 15.1. The molecule has 3 rings (SSSR count). The Bertz CT molecular complexity index is 414. The van der Waals surface area contributed by atoms with E-state index in [2.05, 4.69) is 31.6 Å². The van der Waals surface area contributed by atoms with Gasteiger partial charge in [-0.1, -0.05) is 6.08 Å². The molecule has 2 N–H and O–H groups in total. The van der Waals surface area contributed by atoms with Crippen molar-refractivity contribution in [3.63, 3.8) is 0 Å². The summed E-state index contributed by atoms with van der Waals surface area (Å²) in [6, 6.07) is 0.104. The lowest BCUT2D eigenvalue weighted by molar-refractivity contribution is 0.646. The van der Waals surface area contributed by atoms with Crippen LogP contribution in [-0.4, -0.2) is 22.4 Å². The molecule has 1 aromatic heterocycles. The summed E-state index contributed by atoms with van der Waals surface area (Å²) >= 11 is 0. The van der Waals surface area contributed by atoms with Crippen LogP contribution in [0.5, 0.6) is 0 Å². The molecule has 0 aromatic carbocycles. The molecule has 0 fully saturated rings. The molecule has 0 radical (unpaired) electrons. The minimum atomic E-state index is 0.104. The number of hydrogen-bond donors (Lipinski definition) is 2. The Labute approximate surface area is 80.7 Å². The zero-order valence-electron chi connectivity index (χ0n) is 7.38. The highest BCUT2D eigenvalue weighted by Crippen LogP contribution is 2.30. The van der Waals surface area contributed by atoms with E-state index in [1.807, 2.05) is 12.4 Å². The first-order chi connectivity index (χ1) is 6.95. The normalized spacial score (nSPS) is 28.4. The van der Waals surface area contributed by atoms with Crippen LogP contribution >= 0.6 is 0 Å². The van der Waals surface area contributed by atoms with Crippen LogP contribution in [0.3, 0.4) is 0 Å². The zero-order valence-corrected chi connectivity index (χ0v) is 7.38. The summed E-state index contributed by atoms with van der Waals surface area (Å²) in [6.45, 7) is 0. The molecular weight excluding hydrogens is 178 g/mol. The summed E-state index contributed by atoms with van der Waals surface area (Å²) in [4.78, 5) is 8.52. The molecular formula is C9H9N5. The summed E-state index contributed by atoms with van der Waals surface area (Å²) in [6.07, 6.45) is 9.26. The minimum Gasteiger partial charge on any atom is -0.350 e. The second kappa shape index (κ2) is 2.80. The van der Waals surface area contributed by atoms with E-state index in [1.54, 1.807) is 12.5 Å². The fraction of sp³-hybridized carbons (Fsp3) is 0.222. The summed E-state index contributed by atoms with van der Waals surface area (Å²) in [7, 11) is 0. The smallest absolute Gasteiger partial charge is 0.117 e. The highest BCUT2D eigenvalue weighted by Gasteiger charge is 2.30. The SMILES string of the molecule is C1=CC2C(=NC=N[C@H]2c2cn[nH]c2)N1. The molecule has 5 heteroatoms. The number of amidine groups is 1. The molecule has 2 atom stereocenters. The summed E-state index contributed by atoms with van der Waals surface area (Å²) in [5, 5.41) is 9.82. The molecule has 3 heterocycles. The fourth-order valence-electron chi connectivity index (χ4n) is 1.78. The quantitative estimate of drug-likeness (QED) is 0.677. The van der Waals surface area contributed by atoms with Gasteiger partial charge in [0.25, 0.3) is 0 Å². The molecule has 1 unspecified atom stereocenters. The maximum Gasteiger partial charge on any atom is 0.117 e. The lowest BCUT2D eigenvalue weighted by atomic mass is 9.95. The van der Waals surface area contributed by atoms with E-state index in [-0.39, 0.29) is 12.0 Å². The van der Waals surface area contributed by atoms with Gasteiger partial charge in [0.2, 0.25) is 0 Å². The maximum absolute atomic E-state index is 4.35. The van der Waals surface area contributed by atoms with E-state index in [0.717, 1.165) is 11.4 Å². The number of nitrogens with one attached hydrogen (secondary N) is 2. The molecule has 14 heavy (non-hydrogen) atoms. The summed E-state index contributed by atoms with van der Waals surface area (Å²) in [5.41, 5.74) is 1.09. The van der Waals surface area contributed by atoms with E-state index in [1.165, 1.54) is 0 Å². The Morgan fingerprint density at radius 2 is 2.36 bits per heavy atom. The Balaban J connectivity index is 1.98. The third kappa shape index (κ3) is 0.985. The molecule has 2 aliphatic rings. The molecule has 0 saturated heterocycles. The minimum absolute atomic E-state index is 0.104. The van der Waals surface area contributed by atoms with Gasteiger partial charge in [-0.05, 0) is 6.20 Å². The van der Waals surface area contributed by atoms with Crippen LogP contribution in [0.1, 0.15) is 11.6 Å². The van der Waals surface area contributed by atoms with E-state index >= 15 is 0 Å². The molecule has 0 amide bonds. The third-order valence-electron chi connectivity index (χ3n) is 2.48. The Hall–Kier alpha value is -1.91. The third-order valence-corrected chi connectivity index (χ3v) is 2.48. The number of aliphatic imine (C=N–C) groups is 2. The molecule has 1 aromatic rings. The van der Waals surface area contributed by atoms with Gasteiger partial charge in [0.1, 0.15) is 12.2 Å². The van der Waals surface area contributed by atoms with Gasteiger partial charge >= 0.3 is 0 Å². The van der Waals surface area contributed by atoms with Gasteiger partial charge in [-0.25, -0.2) is 4.99 Å². The van der Waals surface area contributed by atoms with Crippen LogP contribution in [0.25, 0.3) is 0 Å². The van der Waals surface area contributed by atoms with Gasteiger partial charge in [-0.15, -0.1) is 0 Å². The molecule has 0 spiro atoms. The van der Waals surface area contributed by atoms with E-state index < -0.39 is 0 Å². The van der Waals surface area contributed by atoms with Gasteiger partial charge in [-0.3, -0.25) is 10.1 Å². The van der Waals surface area contributed by atoms with Gasteiger partial charge in [0.05, 0.1) is 18.2 Å². The maximum atomic E-state index is 4.35. The van der Waals surface area contributed by atoms with Crippen molar-refractivity contribution in [2.75, 3.05) is 0 Å². The number of hydrogen-bond acceptors (Lipinski definition) is 4. The lowest BCUT2D eigenvalue weighted by Gasteiger charge is -2.19. The van der Waals surface area contributed by atoms with E-state index in [9.17, 15) is 0 Å². The van der Waals surface area contributed by atoms with Crippen LogP contribution in [-0.2, 0) is 0 Å². The van der Waals surface area contributed by atoms with Crippen molar-refractivity contribution in [2.24, 2.45) is 15.9 Å². The number of nitrogens with zero attached hydrogens (tertiary/aromatic N) is 3. The number of rotatable bonds is 1. The van der Waals surface area contributed by atoms with Crippen LogP contribution in [0.15, 0.2) is 34.7 Å². The lowest BCUT2D eigenvalue weighted by Crippen LogP contribution is -2.26. The van der Waals surface area contributed by atoms with Crippen molar-refractivity contribution < 1.29 is 0 Å². The van der Waals surface area contributed by atoms with Crippen molar-refractivity contribution >= 4 is 12.2 Å². The van der Waals surface area contributed by atoms with Gasteiger partial charge < -0.3 is 5.32 Å². The molecule has 5 nitrogen and oxygen atoms in total. The zero-order chi connectivity index (χ0) is 9.38. The fourth-order valence-corrected chi connectivity index (χ4v) is 1.78. The van der Waals surface area contributed by atoms with Crippen LogP contribution in [0.4, 0.5) is 0 Å². The van der Waals surface area contributed by atoms with Crippen molar-refractivity contribution in [3.05, 3.63) is 30.2 Å². The predicted octanol–water partition coefficient (Wildman–Crippen LogP) is 0.624. The Morgan fingerprint density at radius 3 is 3.21 bits per heavy atom. The average molecular weight is 187 g/mol. The summed E-state index contributed by atoms with van der Waals surface area (Å²) < 4.78 is 0. The van der Waals surface area contributed by atoms with Crippen molar-refractivity contribution in [2.45, 2.75) is 6.04 Å². The second-order valence-electron chi connectivity index (χ2n) is 3.28. The highest BCUT2D eigenvalue weighted by molar-refractivity contribution is 5.96. The monoisotopic (exact) mass is 187 g/mol. The molecule has 0 bridgehead atoms. The Morgan fingerprint density at radius 1 is 1.36 bits per heavy atom. The number of fused-ring (bicyclic) bond motifs is 1. The number of aromatic nitrogens is 2.